The van der Waals surface area contributed by atoms with Gasteiger partial charge in [0, 0.05) is 6.04 Å². The van der Waals surface area contributed by atoms with Crippen LogP contribution in [0.1, 0.15) is 30.2 Å². The van der Waals surface area contributed by atoms with Crippen molar-refractivity contribution in [3.05, 3.63) is 65.7 Å². The summed E-state index contributed by atoms with van der Waals surface area (Å²) < 4.78 is 5.61. The molecule has 0 spiro atoms. The number of hydrogen-bond donors (Lipinski definition) is 2. The lowest BCUT2D eigenvalue weighted by Gasteiger charge is -2.14. The van der Waals surface area contributed by atoms with E-state index in [1.165, 1.54) is 0 Å². The Morgan fingerprint density at radius 1 is 1.05 bits per heavy atom. The average Bonchev–Trinajstić information content (AvgIpc) is 2.46. The Labute approximate surface area is 113 Å². The van der Waals surface area contributed by atoms with Gasteiger partial charge in [-0.1, -0.05) is 42.5 Å². The molecule has 2 aromatic carbocycles. The predicted molar refractivity (Wildman–Crippen MR) is 75.9 cm³/mol. The fourth-order valence-corrected chi connectivity index (χ4v) is 1.83. The fourth-order valence-electron chi connectivity index (χ4n) is 1.83. The monoisotopic (exact) mass is 257 g/mol. The Morgan fingerprint density at radius 2 is 1.74 bits per heavy atom. The molecule has 2 rings (SSSR count). The van der Waals surface area contributed by atoms with Crippen LogP contribution in [0.2, 0.25) is 0 Å². The second kappa shape index (κ2) is 6.36. The quantitative estimate of drug-likeness (QED) is 0.866. The second-order valence-corrected chi connectivity index (χ2v) is 4.60. The average molecular weight is 257 g/mol. The molecular weight excluding hydrogens is 238 g/mol. The Kier molecular flexibility index (Phi) is 4.55. The van der Waals surface area contributed by atoms with Crippen LogP contribution in [0, 0.1) is 0 Å². The van der Waals surface area contributed by atoms with Crippen LogP contribution in [0.4, 0.5) is 0 Å². The Hall–Kier alpha value is -1.84. The van der Waals surface area contributed by atoms with Gasteiger partial charge in [0.15, 0.2) is 0 Å². The molecule has 0 saturated carbocycles. The van der Waals surface area contributed by atoms with Gasteiger partial charge >= 0.3 is 0 Å². The van der Waals surface area contributed by atoms with Gasteiger partial charge in [-0.25, -0.2) is 0 Å². The van der Waals surface area contributed by atoms with Crippen molar-refractivity contribution in [2.75, 3.05) is 6.61 Å². The summed E-state index contributed by atoms with van der Waals surface area (Å²) in [6.07, 6.45) is -0.625. The first-order chi connectivity index (χ1) is 9.16. The minimum Gasteiger partial charge on any atom is -0.491 e. The molecule has 0 amide bonds. The molecule has 19 heavy (non-hydrogen) atoms. The maximum Gasteiger partial charge on any atom is 0.119 e. The zero-order valence-corrected chi connectivity index (χ0v) is 11.0. The lowest BCUT2D eigenvalue weighted by atomic mass is 10.1. The molecule has 0 aromatic heterocycles. The third-order valence-corrected chi connectivity index (χ3v) is 2.98. The van der Waals surface area contributed by atoms with Gasteiger partial charge in [-0.15, -0.1) is 0 Å². The number of aliphatic hydroxyl groups is 1. The topological polar surface area (TPSA) is 55.5 Å². The molecule has 0 fully saturated rings. The van der Waals surface area contributed by atoms with Gasteiger partial charge in [0.05, 0.1) is 0 Å². The highest BCUT2D eigenvalue weighted by molar-refractivity contribution is 5.30. The highest BCUT2D eigenvalue weighted by Gasteiger charge is 2.08. The van der Waals surface area contributed by atoms with Crippen molar-refractivity contribution in [3.63, 3.8) is 0 Å². The molecule has 0 bridgehead atoms. The van der Waals surface area contributed by atoms with Crippen molar-refractivity contribution in [1.82, 2.24) is 0 Å². The summed E-state index contributed by atoms with van der Waals surface area (Å²) in [4.78, 5) is 0. The maximum absolute atomic E-state index is 10.0. The van der Waals surface area contributed by atoms with E-state index in [-0.39, 0.29) is 12.6 Å². The van der Waals surface area contributed by atoms with E-state index in [2.05, 4.69) is 0 Å². The molecule has 3 heteroatoms. The zero-order chi connectivity index (χ0) is 13.7. The van der Waals surface area contributed by atoms with Gasteiger partial charge in [-0.3, -0.25) is 0 Å². The van der Waals surface area contributed by atoms with Gasteiger partial charge in [0.1, 0.15) is 18.5 Å². The highest BCUT2D eigenvalue weighted by Crippen LogP contribution is 2.19. The van der Waals surface area contributed by atoms with E-state index in [0.717, 1.165) is 16.9 Å². The lowest BCUT2D eigenvalue weighted by Crippen LogP contribution is -2.10. The molecule has 0 aliphatic carbocycles. The molecule has 3 N–H and O–H groups in total. The summed E-state index contributed by atoms with van der Waals surface area (Å²) in [5.74, 6) is 0.727. The molecule has 2 aromatic rings. The van der Waals surface area contributed by atoms with Crippen molar-refractivity contribution in [2.45, 2.75) is 19.1 Å². The number of ether oxygens (including phenoxy) is 1. The summed E-state index contributed by atoms with van der Waals surface area (Å²) in [5, 5.41) is 10.0. The van der Waals surface area contributed by atoms with Crippen molar-refractivity contribution in [3.8, 4) is 5.75 Å². The number of hydrogen-bond acceptors (Lipinski definition) is 3. The Bertz CT molecular complexity index is 511. The third kappa shape index (κ3) is 3.81. The molecule has 1 unspecified atom stereocenters. The molecule has 0 heterocycles. The van der Waals surface area contributed by atoms with Crippen LogP contribution in [0.15, 0.2) is 54.6 Å². The van der Waals surface area contributed by atoms with E-state index in [9.17, 15) is 5.11 Å². The minimum absolute atomic E-state index is 0.0254. The van der Waals surface area contributed by atoms with Gasteiger partial charge < -0.3 is 15.6 Å². The highest BCUT2D eigenvalue weighted by atomic mass is 16.5. The minimum atomic E-state index is -0.625. The first kappa shape index (κ1) is 13.6. The van der Waals surface area contributed by atoms with Crippen LogP contribution in [-0.4, -0.2) is 11.7 Å². The largest absolute Gasteiger partial charge is 0.491 e. The van der Waals surface area contributed by atoms with E-state index in [0.29, 0.717) is 0 Å². The fraction of sp³-hybridized carbons (Fsp3) is 0.250. The zero-order valence-electron chi connectivity index (χ0n) is 11.0. The Morgan fingerprint density at radius 3 is 2.42 bits per heavy atom. The first-order valence-corrected chi connectivity index (χ1v) is 6.38. The molecule has 0 aliphatic rings. The summed E-state index contributed by atoms with van der Waals surface area (Å²) in [6, 6.07) is 17.1. The molecule has 100 valence electrons. The van der Waals surface area contributed by atoms with Crippen LogP contribution >= 0.6 is 0 Å². The van der Waals surface area contributed by atoms with E-state index in [4.69, 9.17) is 10.5 Å². The predicted octanol–water partition coefficient (Wildman–Crippen LogP) is 2.82. The number of aliphatic hydroxyl groups excluding tert-OH is 1. The first-order valence-electron chi connectivity index (χ1n) is 6.38. The summed E-state index contributed by atoms with van der Waals surface area (Å²) in [5.41, 5.74) is 7.70. The standard InChI is InChI=1S/C16H19NO2/c1-12(17)14-8-5-9-15(10-14)19-11-16(18)13-6-3-2-4-7-13/h2-10,12,16,18H,11,17H2,1H3/t12-,16?/m0/s1. The molecular formula is C16H19NO2. The van der Waals surface area contributed by atoms with Crippen molar-refractivity contribution in [2.24, 2.45) is 5.73 Å². The van der Waals surface area contributed by atoms with Crippen molar-refractivity contribution >= 4 is 0 Å². The van der Waals surface area contributed by atoms with Gasteiger partial charge in [-0.2, -0.15) is 0 Å². The van der Waals surface area contributed by atoms with Gasteiger partial charge in [-0.05, 0) is 30.2 Å². The van der Waals surface area contributed by atoms with Crippen LogP contribution in [0.5, 0.6) is 5.75 Å². The van der Waals surface area contributed by atoms with E-state index < -0.39 is 6.10 Å². The number of benzene rings is 2. The molecule has 0 aliphatic heterocycles. The van der Waals surface area contributed by atoms with E-state index >= 15 is 0 Å². The molecule has 0 saturated heterocycles. The number of rotatable bonds is 5. The Balaban J connectivity index is 1.97. The van der Waals surface area contributed by atoms with Crippen molar-refractivity contribution in [1.29, 1.82) is 0 Å². The maximum atomic E-state index is 10.0. The third-order valence-electron chi connectivity index (χ3n) is 2.98. The summed E-state index contributed by atoms with van der Waals surface area (Å²) in [7, 11) is 0. The van der Waals surface area contributed by atoms with Gasteiger partial charge in [0.25, 0.3) is 0 Å². The second-order valence-electron chi connectivity index (χ2n) is 4.60. The van der Waals surface area contributed by atoms with Gasteiger partial charge in [0.2, 0.25) is 0 Å². The lowest BCUT2D eigenvalue weighted by molar-refractivity contribution is 0.108. The normalized spacial score (nSPS) is 13.8. The molecule has 2 atom stereocenters. The van der Waals surface area contributed by atoms with E-state index in [1.54, 1.807) is 0 Å². The van der Waals surface area contributed by atoms with Crippen LogP contribution in [0.25, 0.3) is 0 Å². The van der Waals surface area contributed by atoms with Crippen LogP contribution in [-0.2, 0) is 0 Å². The van der Waals surface area contributed by atoms with Crippen LogP contribution < -0.4 is 10.5 Å². The van der Waals surface area contributed by atoms with Crippen molar-refractivity contribution < 1.29 is 9.84 Å². The van der Waals surface area contributed by atoms with Crippen LogP contribution in [0.3, 0.4) is 0 Å². The molecule has 3 nitrogen and oxygen atoms in total. The smallest absolute Gasteiger partial charge is 0.119 e. The SMILES string of the molecule is C[C@H](N)c1cccc(OCC(O)c2ccccc2)c1. The summed E-state index contributed by atoms with van der Waals surface area (Å²) in [6.45, 7) is 2.16. The summed E-state index contributed by atoms with van der Waals surface area (Å²) >= 11 is 0. The number of nitrogens with two attached hydrogens (primary N) is 1. The van der Waals surface area contributed by atoms with E-state index in [1.807, 2.05) is 61.5 Å². The molecule has 0 radical (unpaired) electrons.